The second-order valence-electron chi connectivity index (χ2n) is 7.35. The number of nitrogens with one attached hydrogen (secondary N) is 1. The summed E-state index contributed by atoms with van der Waals surface area (Å²) in [4.78, 5) is 0. The van der Waals surface area contributed by atoms with Crippen LogP contribution in [0.1, 0.15) is 22.4 Å². The molecule has 2 aromatic heterocycles. The number of aromatic nitrogens is 3. The van der Waals surface area contributed by atoms with Crippen LogP contribution in [0.25, 0.3) is 33.0 Å². The van der Waals surface area contributed by atoms with E-state index in [2.05, 4.69) is 70.8 Å². The first kappa shape index (κ1) is 16.8. The highest BCUT2D eigenvalue weighted by molar-refractivity contribution is 6.05. The molecule has 0 unspecified atom stereocenters. The van der Waals surface area contributed by atoms with Gasteiger partial charge in [-0.05, 0) is 49.1 Å². The fourth-order valence-electron chi connectivity index (χ4n) is 3.99. The molecule has 28 heavy (non-hydrogen) atoms. The Morgan fingerprint density at radius 3 is 2.75 bits per heavy atom. The van der Waals surface area contributed by atoms with Gasteiger partial charge in [0.2, 0.25) is 0 Å². The maximum atomic E-state index is 5.36. The lowest BCUT2D eigenvalue weighted by molar-refractivity contribution is 0.425. The van der Waals surface area contributed by atoms with E-state index in [9.17, 15) is 0 Å². The first-order valence-corrected chi connectivity index (χ1v) is 9.56. The molecule has 0 aliphatic heterocycles. The van der Waals surface area contributed by atoms with Crippen LogP contribution in [-0.4, -0.2) is 15.4 Å². The van der Waals surface area contributed by atoms with Gasteiger partial charge < -0.3 is 4.52 Å². The number of aryl methyl sites for hydroxylation is 3. The van der Waals surface area contributed by atoms with Crippen molar-refractivity contribution < 1.29 is 4.52 Å². The minimum absolute atomic E-state index is 0.976. The third-order valence-electron chi connectivity index (χ3n) is 5.49. The smallest absolute Gasteiger partial charge is 0.170 e. The largest absolute Gasteiger partial charge is 0.356 e. The lowest BCUT2D eigenvalue weighted by atomic mass is 9.90. The van der Waals surface area contributed by atoms with Crippen LogP contribution in [0.4, 0.5) is 0 Å². The van der Waals surface area contributed by atoms with Gasteiger partial charge in [-0.2, -0.15) is 5.10 Å². The molecule has 0 saturated carbocycles. The molecule has 0 spiro atoms. The molecule has 138 valence electrons. The van der Waals surface area contributed by atoms with E-state index in [4.69, 9.17) is 4.52 Å². The predicted molar refractivity (Wildman–Crippen MR) is 112 cm³/mol. The van der Waals surface area contributed by atoms with Gasteiger partial charge in [-0.3, -0.25) is 5.10 Å². The molecule has 3 aromatic carbocycles. The van der Waals surface area contributed by atoms with E-state index in [0.29, 0.717) is 0 Å². The highest BCUT2D eigenvalue weighted by atomic mass is 16.5. The van der Waals surface area contributed by atoms with Crippen LogP contribution in [0.2, 0.25) is 0 Å². The Kier molecular flexibility index (Phi) is 3.97. The number of nitrogens with zero attached hydrogens (tertiary/aromatic N) is 2. The fraction of sp³-hybridized carbons (Fsp3) is 0.167. The van der Waals surface area contributed by atoms with Gasteiger partial charge in [0.1, 0.15) is 0 Å². The zero-order chi connectivity index (χ0) is 19.1. The molecule has 0 radical (unpaired) electrons. The zero-order valence-electron chi connectivity index (χ0n) is 16.0. The van der Waals surface area contributed by atoms with E-state index in [1.165, 1.54) is 38.4 Å². The van der Waals surface area contributed by atoms with Crippen LogP contribution in [0, 0.1) is 13.8 Å². The fourth-order valence-corrected chi connectivity index (χ4v) is 3.99. The van der Waals surface area contributed by atoms with Crippen molar-refractivity contribution in [2.75, 3.05) is 0 Å². The van der Waals surface area contributed by atoms with E-state index in [-0.39, 0.29) is 0 Å². The Labute approximate surface area is 163 Å². The monoisotopic (exact) mass is 367 g/mol. The van der Waals surface area contributed by atoms with Gasteiger partial charge in [0.05, 0.1) is 17.4 Å². The topological polar surface area (TPSA) is 54.7 Å². The molecule has 5 aromatic rings. The average molecular weight is 367 g/mol. The summed E-state index contributed by atoms with van der Waals surface area (Å²) >= 11 is 0. The van der Waals surface area contributed by atoms with Crippen molar-refractivity contribution >= 4 is 21.7 Å². The van der Waals surface area contributed by atoms with Crippen molar-refractivity contribution in [3.8, 4) is 11.3 Å². The number of fused-ring (bicyclic) bond motifs is 6. The average Bonchev–Trinajstić information content (AvgIpc) is 3.35. The first-order valence-electron chi connectivity index (χ1n) is 9.56. The molecule has 1 N–H and O–H groups in total. The van der Waals surface area contributed by atoms with E-state index in [1.807, 2.05) is 19.2 Å². The van der Waals surface area contributed by atoms with Crippen molar-refractivity contribution in [2.24, 2.45) is 0 Å². The molecule has 6 rings (SSSR count). The second kappa shape index (κ2) is 6.64. The molecule has 4 nitrogen and oxygen atoms in total. The standard InChI is InChI=1S/C12H10N2.C12H11NO/c1-8-2-4-10-9(6-8)3-5-12-11(10)7-13-14-12;1-8-10-7-6-9-4-2-3-5-11(9)12(10)14-13-8/h2-7H,1H3,(H,13,14);2-5H,6-7H2,1H3. The molecule has 1 aliphatic carbocycles. The van der Waals surface area contributed by atoms with Crippen molar-refractivity contribution in [3.05, 3.63) is 83.2 Å². The molecule has 0 atom stereocenters. The highest BCUT2D eigenvalue weighted by Crippen LogP contribution is 2.34. The summed E-state index contributed by atoms with van der Waals surface area (Å²) in [5.41, 5.74) is 7.30. The number of hydrogen-bond donors (Lipinski definition) is 1. The highest BCUT2D eigenvalue weighted by Gasteiger charge is 2.21. The number of benzene rings is 3. The molecule has 0 bridgehead atoms. The van der Waals surface area contributed by atoms with Crippen LogP contribution < -0.4 is 0 Å². The summed E-state index contributed by atoms with van der Waals surface area (Å²) in [7, 11) is 0. The molecule has 0 saturated heterocycles. The normalized spacial score (nSPS) is 12.4. The summed E-state index contributed by atoms with van der Waals surface area (Å²) in [6.45, 7) is 4.12. The number of rotatable bonds is 0. The molecule has 0 amide bonds. The molecular formula is C24H21N3O. The van der Waals surface area contributed by atoms with Crippen LogP contribution in [-0.2, 0) is 12.8 Å². The molecular weight excluding hydrogens is 346 g/mol. The Morgan fingerprint density at radius 2 is 1.82 bits per heavy atom. The van der Waals surface area contributed by atoms with Crippen molar-refractivity contribution in [1.29, 1.82) is 0 Å². The van der Waals surface area contributed by atoms with Gasteiger partial charge in [-0.1, -0.05) is 59.3 Å². The summed E-state index contributed by atoms with van der Waals surface area (Å²) < 4.78 is 5.36. The molecule has 2 heterocycles. The van der Waals surface area contributed by atoms with Gasteiger partial charge in [-0.25, -0.2) is 0 Å². The van der Waals surface area contributed by atoms with E-state index < -0.39 is 0 Å². The Bertz CT molecular complexity index is 1300. The van der Waals surface area contributed by atoms with Crippen LogP contribution in [0.15, 0.2) is 65.3 Å². The predicted octanol–water partition coefficient (Wildman–Crippen LogP) is 5.77. The van der Waals surface area contributed by atoms with Crippen molar-refractivity contribution in [3.63, 3.8) is 0 Å². The molecule has 1 aliphatic rings. The minimum Gasteiger partial charge on any atom is -0.356 e. The SMILES string of the molecule is Cc1ccc2c(ccc3[nH]ncc32)c1.Cc1noc2c1CCc1ccccc1-2. The maximum absolute atomic E-state index is 5.36. The minimum atomic E-state index is 0.976. The lowest BCUT2D eigenvalue weighted by Gasteiger charge is -2.13. The van der Waals surface area contributed by atoms with E-state index in [1.54, 1.807) is 0 Å². The number of aromatic amines is 1. The Hall–Kier alpha value is -3.40. The van der Waals surface area contributed by atoms with Crippen LogP contribution >= 0.6 is 0 Å². The first-order chi connectivity index (χ1) is 13.7. The van der Waals surface area contributed by atoms with Gasteiger partial charge in [-0.15, -0.1) is 0 Å². The molecule has 0 fully saturated rings. The van der Waals surface area contributed by atoms with Gasteiger partial charge in [0, 0.05) is 16.5 Å². The quantitative estimate of drug-likeness (QED) is 0.378. The second-order valence-corrected chi connectivity index (χ2v) is 7.35. The van der Waals surface area contributed by atoms with Crippen molar-refractivity contribution in [2.45, 2.75) is 26.7 Å². The van der Waals surface area contributed by atoms with E-state index in [0.717, 1.165) is 29.8 Å². The zero-order valence-corrected chi connectivity index (χ0v) is 16.0. The number of hydrogen-bond acceptors (Lipinski definition) is 3. The summed E-state index contributed by atoms with van der Waals surface area (Å²) in [5, 5.41) is 14.8. The van der Waals surface area contributed by atoms with Gasteiger partial charge in [0.15, 0.2) is 5.76 Å². The van der Waals surface area contributed by atoms with E-state index >= 15 is 0 Å². The van der Waals surface area contributed by atoms with Crippen LogP contribution in [0.5, 0.6) is 0 Å². The van der Waals surface area contributed by atoms with Crippen LogP contribution in [0.3, 0.4) is 0 Å². The third kappa shape index (κ3) is 2.78. The van der Waals surface area contributed by atoms with Gasteiger partial charge >= 0.3 is 0 Å². The lowest BCUT2D eigenvalue weighted by Crippen LogP contribution is -2.02. The Morgan fingerprint density at radius 1 is 0.929 bits per heavy atom. The maximum Gasteiger partial charge on any atom is 0.170 e. The Balaban J connectivity index is 0.000000122. The summed E-state index contributed by atoms with van der Waals surface area (Å²) in [6.07, 6.45) is 4.04. The summed E-state index contributed by atoms with van der Waals surface area (Å²) in [5.74, 6) is 0.976. The third-order valence-corrected chi connectivity index (χ3v) is 5.49. The number of H-pyrrole nitrogens is 1. The van der Waals surface area contributed by atoms with Gasteiger partial charge in [0.25, 0.3) is 0 Å². The van der Waals surface area contributed by atoms with Crippen molar-refractivity contribution in [1.82, 2.24) is 15.4 Å². The summed E-state index contributed by atoms with van der Waals surface area (Å²) in [6, 6.07) is 19.1. The molecule has 4 heteroatoms.